The smallest absolute Gasteiger partial charge is 0.180 e. The minimum atomic E-state index is 0.744. The summed E-state index contributed by atoms with van der Waals surface area (Å²) in [7, 11) is 1.85. The van der Waals surface area contributed by atoms with Crippen LogP contribution in [0.5, 0.6) is 0 Å². The number of hydrogen-bond acceptors (Lipinski definition) is 4. The summed E-state index contributed by atoms with van der Waals surface area (Å²) in [4.78, 5) is 12.1. The lowest BCUT2D eigenvalue weighted by molar-refractivity contribution is 1.29. The van der Waals surface area contributed by atoms with E-state index in [1.165, 1.54) is 0 Å². The number of imidazole rings is 1. The minimum absolute atomic E-state index is 0.744. The van der Waals surface area contributed by atoms with Gasteiger partial charge in [0.15, 0.2) is 5.65 Å². The van der Waals surface area contributed by atoms with Gasteiger partial charge in [-0.05, 0) is 23.6 Å². The van der Waals surface area contributed by atoms with Crippen molar-refractivity contribution in [3.8, 4) is 11.4 Å². The first-order valence-corrected chi connectivity index (χ1v) is 5.88. The van der Waals surface area contributed by atoms with Gasteiger partial charge in [-0.2, -0.15) is 11.3 Å². The molecule has 3 aromatic rings. The highest BCUT2D eigenvalue weighted by Crippen LogP contribution is 2.22. The maximum atomic E-state index is 4.46. The van der Waals surface area contributed by atoms with Gasteiger partial charge in [0, 0.05) is 18.0 Å². The molecule has 0 radical (unpaired) electrons. The van der Waals surface area contributed by atoms with Crippen LogP contribution in [0.3, 0.4) is 0 Å². The average Bonchev–Trinajstić information content (AvgIpc) is 2.96. The maximum absolute atomic E-state index is 4.46. The number of aromatic amines is 1. The van der Waals surface area contributed by atoms with Crippen molar-refractivity contribution in [2.45, 2.75) is 0 Å². The van der Waals surface area contributed by atoms with Crippen LogP contribution in [-0.2, 0) is 0 Å². The van der Waals surface area contributed by atoms with Crippen molar-refractivity contribution in [2.24, 2.45) is 0 Å². The lowest BCUT2D eigenvalue weighted by Crippen LogP contribution is -1.91. The Bertz CT molecular complexity index is 612. The number of nitrogens with zero attached hydrogens (tertiary/aromatic N) is 2. The van der Waals surface area contributed by atoms with Crippen molar-refractivity contribution in [1.82, 2.24) is 15.0 Å². The molecule has 3 aromatic heterocycles. The quantitative estimate of drug-likeness (QED) is 0.711. The molecule has 3 rings (SSSR count). The number of hydrogen-bond donors (Lipinski definition) is 2. The van der Waals surface area contributed by atoms with Crippen molar-refractivity contribution >= 4 is 28.3 Å². The molecule has 0 unspecified atom stereocenters. The zero-order valence-electron chi connectivity index (χ0n) is 8.69. The van der Waals surface area contributed by atoms with Gasteiger partial charge in [-0.3, -0.25) is 0 Å². The number of pyridine rings is 1. The zero-order chi connectivity index (χ0) is 11.0. The molecule has 0 saturated heterocycles. The third kappa shape index (κ3) is 1.45. The predicted molar refractivity (Wildman–Crippen MR) is 66.7 cm³/mol. The van der Waals surface area contributed by atoms with Crippen LogP contribution in [0.4, 0.5) is 5.82 Å². The van der Waals surface area contributed by atoms with Gasteiger partial charge in [-0.25, -0.2) is 9.97 Å². The summed E-state index contributed by atoms with van der Waals surface area (Å²) in [5.74, 6) is 1.70. The second-order valence-corrected chi connectivity index (χ2v) is 4.20. The second-order valence-electron chi connectivity index (χ2n) is 3.42. The molecule has 0 atom stereocenters. The number of nitrogens with one attached hydrogen (secondary N) is 2. The molecule has 0 saturated carbocycles. The molecule has 0 aliphatic heterocycles. The Labute approximate surface area is 96.4 Å². The van der Waals surface area contributed by atoms with Crippen LogP contribution < -0.4 is 5.32 Å². The van der Waals surface area contributed by atoms with Gasteiger partial charge < -0.3 is 10.3 Å². The Kier molecular flexibility index (Phi) is 2.11. The molecule has 2 N–H and O–H groups in total. The summed E-state index contributed by atoms with van der Waals surface area (Å²) >= 11 is 1.66. The van der Waals surface area contributed by atoms with E-state index < -0.39 is 0 Å². The van der Waals surface area contributed by atoms with Gasteiger partial charge in [0.25, 0.3) is 0 Å². The minimum Gasteiger partial charge on any atom is -0.373 e. The number of rotatable bonds is 2. The van der Waals surface area contributed by atoms with E-state index in [-0.39, 0.29) is 0 Å². The maximum Gasteiger partial charge on any atom is 0.180 e. The molecule has 0 fully saturated rings. The first-order valence-electron chi connectivity index (χ1n) is 4.94. The summed E-state index contributed by atoms with van der Waals surface area (Å²) in [6, 6.07) is 5.95. The molecule has 4 nitrogen and oxygen atoms in total. The summed E-state index contributed by atoms with van der Waals surface area (Å²) in [6.45, 7) is 0. The van der Waals surface area contributed by atoms with E-state index in [1.54, 1.807) is 11.3 Å². The number of aromatic nitrogens is 3. The molecule has 0 aromatic carbocycles. The zero-order valence-corrected chi connectivity index (χ0v) is 9.51. The monoisotopic (exact) mass is 230 g/mol. The fourth-order valence-corrected chi connectivity index (χ4v) is 2.21. The van der Waals surface area contributed by atoms with Gasteiger partial charge in [-0.15, -0.1) is 0 Å². The molecule has 0 bridgehead atoms. The molecular weight excluding hydrogens is 220 g/mol. The average molecular weight is 230 g/mol. The molecule has 3 heterocycles. The fraction of sp³-hybridized carbons (Fsp3) is 0.0909. The lowest BCUT2D eigenvalue weighted by Gasteiger charge is -1.95. The molecular formula is C11H10N4S. The molecule has 0 spiro atoms. The highest BCUT2D eigenvalue weighted by atomic mass is 32.1. The summed E-state index contributed by atoms with van der Waals surface area (Å²) in [6.07, 6.45) is 0. The van der Waals surface area contributed by atoms with E-state index in [9.17, 15) is 0 Å². The third-order valence-electron chi connectivity index (χ3n) is 2.40. The van der Waals surface area contributed by atoms with Gasteiger partial charge in [0.1, 0.15) is 11.6 Å². The van der Waals surface area contributed by atoms with Crippen LogP contribution in [0.15, 0.2) is 29.0 Å². The first kappa shape index (κ1) is 9.35. The van der Waals surface area contributed by atoms with Gasteiger partial charge in [-0.1, -0.05) is 0 Å². The third-order valence-corrected chi connectivity index (χ3v) is 3.08. The first-order chi connectivity index (χ1) is 7.86. The predicted octanol–water partition coefficient (Wildman–Crippen LogP) is 2.73. The lowest BCUT2D eigenvalue weighted by atomic mass is 10.3. The van der Waals surface area contributed by atoms with E-state index in [2.05, 4.69) is 25.6 Å². The Morgan fingerprint density at radius 3 is 2.94 bits per heavy atom. The fourth-order valence-electron chi connectivity index (χ4n) is 1.57. The molecule has 0 aliphatic carbocycles. The van der Waals surface area contributed by atoms with Crippen LogP contribution in [0.1, 0.15) is 0 Å². The summed E-state index contributed by atoms with van der Waals surface area (Å²) < 4.78 is 0. The van der Waals surface area contributed by atoms with Crippen molar-refractivity contribution in [3.05, 3.63) is 29.0 Å². The Morgan fingerprint density at radius 2 is 2.19 bits per heavy atom. The Balaban J connectivity index is 2.16. The number of thiophene rings is 1. The molecule has 80 valence electrons. The topological polar surface area (TPSA) is 53.6 Å². The van der Waals surface area contributed by atoms with Crippen molar-refractivity contribution < 1.29 is 0 Å². The van der Waals surface area contributed by atoms with Gasteiger partial charge >= 0.3 is 0 Å². The highest BCUT2D eigenvalue weighted by Gasteiger charge is 2.06. The summed E-state index contributed by atoms with van der Waals surface area (Å²) in [5.41, 5.74) is 2.81. The van der Waals surface area contributed by atoms with E-state index in [4.69, 9.17) is 0 Å². The standard InChI is InChI=1S/C11H10N4S/c1-12-9-3-2-8-11(14-9)15-10(13-8)7-4-5-16-6-7/h2-6H,1H3,(H2,12,13,14,15). The van der Waals surface area contributed by atoms with E-state index in [0.29, 0.717) is 0 Å². The Morgan fingerprint density at radius 1 is 1.25 bits per heavy atom. The summed E-state index contributed by atoms with van der Waals surface area (Å²) in [5, 5.41) is 7.10. The Hall–Kier alpha value is -1.88. The van der Waals surface area contributed by atoms with Crippen molar-refractivity contribution in [2.75, 3.05) is 12.4 Å². The van der Waals surface area contributed by atoms with Gasteiger partial charge in [0.05, 0.1) is 5.52 Å². The molecule has 16 heavy (non-hydrogen) atoms. The van der Waals surface area contributed by atoms with Gasteiger partial charge in [0.2, 0.25) is 0 Å². The van der Waals surface area contributed by atoms with E-state index in [1.807, 2.05) is 30.6 Å². The van der Waals surface area contributed by atoms with Crippen LogP contribution in [0, 0.1) is 0 Å². The van der Waals surface area contributed by atoms with Crippen LogP contribution in [0.2, 0.25) is 0 Å². The van der Waals surface area contributed by atoms with Crippen molar-refractivity contribution in [3.63, 3.8) is 0 Å². The molecule has 0 aliphatic rings. The number of H-pyrrole nitrogens is 1. The van der Waals surface area contributed by atoms with Crippen LogP contribution >= 0.6 is 11.3 Å². The number of anilines is 1. The van der Waals surface area contributed by atoms with E-state index >= 15 is 0 Å². The highest BCUT2D eigenvalue weighted by molar-refractivity contribution is 7.08. The van der Waals surface area contributed by atoms with Crippen LogP contribution in [0.25, 0.3) is 22.6 Å². The second kappa shape index (κ2) is 3.61. The molecule has 5 heteroatoms. The largest absolute Gasteiger partial charge is 0.373 e. The van der Waals surface area contributed by atoms with E-state index in [0.717, 1.165) is 28.4 Å². The van der Waals surface area contributed by atoms with Crippen LogP contribution in [-0.4, -0.2) is 22.0 Å². The normalized spacial score (nSPS) is 10.8. The van der Waals surface area contributed by atoms with Crippen molar-refractivity contribution in [1.29, 1.82) is 0 Å². The SMILES string of the molecule is CNc1ccc2[nH]c(-c3ccsc3)nc2n1. The number of fused-ring (bicyclic) bond motifs is 1. The molecule has 0 amide bonds.